The standard InChI is InChI=1S/C16H17FN2O/c1-19(2)18-11-14-4-3-5-16(10-14)20-12-13-6-8-15(17)9-7-13/h3-11H,12H2,1-2H3/b18-11-. The summed E-state index contributed by atoms with van der Waals surface area (Å²) in [5.41, 5.74) is 1.90. The third-order valence-corrected chi connectivity index (χ3v) is 2.61. The zero-order valence-corrected chi connectivity index (χ0v) is 11.6. The van der Waals surface area contributed by atoms with Gasteiger partial charge >= 0.3 is 0 Å². The largest absolute Gasteiger partial charge is 0.489 e. The van der Waals surface area contributed by atoms with Gasteiger partial charge in [-0.2, -0.15) is 5.10 Å². The summed E-state index contributed by atoms with van der Waals surface area (Å²) >= 11 is 0. The molecular formula is C16H17FN2O. The van der Waals surface area contributed by atoms with Gasteiger partial charge < -0.3 is 9.75 Å². The van der Waals surface area contributed by atoms with Gasteiger partial charge in [0, 0.05) is 14.1 Å². The summed E-state index contributed by atoms with van der Waals surface area (Å²) in [6.45, 7) is 0.411. The quantitative estimate of drug-likeness (QED) is 0.616. The fourth-order valence-corrected chi connectivity index (χ4v) is 1.61. The van der Waals surface area contributed by atoms with Crippen LogP contribution in [-0.4, -0.2) is 25.3 Å². The highest BCUT2D eigenvalue weighted by Crippen LogP contribution is 2.14. The second kappa shape index (κ2) is 6.70. The third kappa shape index (κ3) is 4.39. The van der Waals surface area contributed by atoms with Crippen LogP contribution in [0.3, 0.4) is 0 Å². The van der Waals surface area contributed by atoms with Gasteiger partial charge in [0.05, 0.1) is 6.21 Å². The molecule has 0 aliphatic heterocycles. The van der Waals surface area contributed by atoms with E-state index in [1.807, 2.05) is 38.4 Å². The van der Waals surface area contributed by atoms with Gasteiger partial charge in [-0.15, -0.1) is 0 Å². The molecule has 104 valence electrons. The summed E-state index contributed by atoms with van der Waals surface area (Å²) in [5.74, 6) is 0.521. The van der Waals surface area contributed by atoms with E-state index < -0.39 is 0 Å². The van der Waals surface area contributed by atoms with E-state index in [9.17, 15) is 4.39 Å². The van der Waals surface area contributed by atoms with Crippen molar-refractivity contribution in [2.45, 2.75) is 6.61 Å². The second-order valence-corrected chi connectivity index (χ2v) is 4.58. The number of hydrogen-bond donors (Lipinski definition) is 0. The molecule has 4 heteroatoms. The van der Waals surface area contributed by atoms with E-state index in [1.165, 1.54) is 12.1 Å². The maximum atomic E-state index is 12.8. The Labute approximate surface area is 118 Å². The molecule has 0 N–H and O–H groups in total. The number of benzene rings is 2. The maximum Gasteiger partial charge on any atom is 0.123 e. The molecule has 0 unspecified atom stereocenters. The zero-order chi connectivity index (χ0) is 14.4. The van der Waals surface area contributed by atoms with Crippen molar-refractivity contribution in [2.24, 2.45) is 5.10 Å². The molecule has 0 heterocycles. The van der Waals surface area contributed by atoms with Crippen LogP contribution in [0.25, 0.3) is 0 Å². The van der Waals surface area contributed by atoms with Crippen molar-refractivity contribution in [3.63, 3.8) is 0 Å². The summed E-state index contributed by atoms with van der Waals surface area (Å²) in [6, 6.07) is 14.0. The molecule has 2 rings (SSSR count). The molecule has 0 radical (unpaired) electrons. The third-order valence-electron chi connectivity index (χ3n) is 2.61. The van der Waals surface area contributed by atoms with Crippen LogP contribution >= 0.6 is 0 Å². The number of halogens is 1. The second-order valence-electron chi connectivity index (χ2n) is 4.58. The van der Waals surface area contributed by atoms with E-state index >= 15 is 0 Å². The van der Waals surface area contributed by atoms with E-state index in [-0.39, 0.29) is 5.82 Å². The molecule has 2 aromatic rings. The van der Waals surface area contributed by atoms with Crippen LogP contribution < -0.4 is 4.74 Å². The van der Waals surface area contributed by atoms with Crippen molar-refractivity contribution in [1.82, 2.24) is 5.01 Å². The van der Waals surface area contributed by atoms with E-state index in [1.54, 1.807) is 23.4 Å². The normalized spacial score (nSPS) is 10.8. The summed E-state index contributed by atoms with van der Waals surface area (Å²) in [7, 11) is 3.73. The number of hydrogen-bond acceptors (Lipinski definition) is 3. The van der Waals surface area contributed by atoms with Gasteiger partial charge in [-0.3, -0.25) is 0 Å². The van der Waals surface area contributed by atoms with Crippen molar-refractivity contribution in [3.8, 4) is 5.75 Å². The lowest BCUT2D eigenvalue weighted by molar-refractivity contribution is 0.306. The Balaban J connectivity index is 1.99. The van der Waals surface area contributed by atoms with Crippen LogP contribution in [0.15, 0.2) is 53.6 Å². The van der Waals surface area contributed by atoms with Crippen LogP contribution in [0.4, 0.5) is 4.39 Å². The molecule has 0 aliphatic carbocycles. The number of hydrazone groups is 1. The Morgan fingerprint density at radius 1 is 1.15 bits per heavy atom. The zero-order valence-electron chi connectivity index (χ0n) is 11.6. The first kappa shape index (κ1) is 14.1. The van der Waals surface area contributed by atoms with Gasteiger partial charge in [0.25, 0.3) is 0 Å². The van der Waals surface area contributed by atoms with Crippen molar-refractivity contribution < 1.29 is 9.13 Å². The highest BCUT2D eigenvalue weighted by atomic mass is 19.1. The highest BCUT2D eigenvalue weighted by molar-refractivity contribution is 5.79. The monoisotopic (exact) mass is 272 g/mol. The molecular weight excluding hydrogens is 255 g/mol. The summed E-state index contributed by atoms with van der Waals surface area (Å²) in [6.07, 6.45) is 1.77. The average molecular weight is 272 g/mol. The van der Waals surface area contributed by atoms with Gasteiger partial charge in [0.2, 0.25) is 0 Å². The van der Waals surface area contributed by atoms with Crippen LogP contribution in [0, 0.1) is 5.82 Å². The van der Waals surface area contributed by atoms with Gasteiger partial charge in [0.1, 0.15) is 18.2 Å². The summed E-state index contributed by atoms with van der Waals surface area (Å²) in [5, 5.41) is 5.90. The average Bonchev–Trinajstić information content (AvgIpc) is 2.45. The van der Waals surface area contributed by atoms with Crippen molar-refractivity contribution in [1.29, 1.82) is 0 Å². The topological polar surface area (TPSA) is 24.8 Å². The maximum absolute atomic E-state index is 12.8. The molecule has 0 bridgehead atoms. The summed E-state index contributed by atoms with van der Waals surface area (Å²) in [4.78, 5) is 0. The first-order valence-electron chi connectivity index (χ1n) is 6.32. The molecule has 0 spiro atoms. The molecule has 0 aliphatic rings. The molecule has 0 aromatic heterocycles. The van der Waals surface area contributed by atoms with E-state index in [2.05, 4.69) is 5.10 Å². The Bertz CT molecular complexity index is 579. The van der Waals surface area contributed by atoms with Crippen molar-refractivity contribution >= 4 is 6.21 Å². The Morgan fingerprint density at radius 3 is 2.60 bits per heavy atom. The molecule has 0 saturated heterocycles. The fraction of sp³-hybridized carbons (Fsp3) is 0.188. The van der Waals surface area contributed by atoms with E-state index in [0.29, 0.717) is 6.61 Å². The van der Waals surface area contributed by atoms with Gasteiger partial charge in [0.15, 0.2) is 0 Å². The van der Waals surface area contributed by atoms with Gasteiger partial charge in [-0.25, -0.2) is 4.39 Å². The van der Waals surface area contributed by atoms with E-state index in [0.717, 1.165) is 16.9 Å². The fourth-order valence-electron chi connectivity index (χ4n) is 1.61. The van der Waals surface area contributed by atoms with Crippen LogP contribution in [0.5, 0.6) is 5.75 Å². The lowest BCUT2D eigenvalue weighted by Crippen LogP contribution is -2.02. The molecule has 0 atom stereocenters. The van der Waals surface area contributed by atoms with Crippen molar-refractivity contribution in [3.05, 3.63) is 65.5 Å². The minimum Gasteiger partial charge on any atom is -0.489 e. The SMILES string of the molecule is CN(C)/N=C\c1cccc(OCc2ccc(F)cc2)c1. The minimum atomic E-state index is -0.240. The van der Waals surface area contributed by atoms with Crippen LogP contribution in [0.2, 0.25) is 0 Å². The summed E-state index contributed by atoms with van der Waals surface area (Å²) < 4.78 is 18.5. The predicted octanol–water partition coefficient (Wildman–Crippen LogP) is 3.30. The molecule has 20 heavy (non-hydrogen) atoms. The number of nitrogens with zero attached hydrogens (tertiary/aromatic N) is 2. The molecule has 0 amide bonds. The Morgan fingerprint density at radius 2 is 1.90 bits per heavy atom. The van der Waals surface area contributed by atoms with E-state index in [4.69, 9.17) is 4.74 Å². The van der Waals surface area contributed by atoms with Crippen LogP contribution in [0.1, 0.15) is 11.1 Å². The predicted molar refractivity (Wildman–Crippen MR) is 78.5 cm³/mol. The Kier molecular flexibility index (Phi) is 4.71. The molecule has 2 aromatic carbocycles. The Hall–Kier alpha value is -2.36. The van der Waals surface area contributed by atoms with Gasteiger partial charge in [-0.1, -0.05) is 24.3 Å². The molecule has 0 fully saturated rings. The van der Waals surface area contributed by atoms with Crippen LogP contribution in [-0.2, 0) is 6.61 Å². The van der Waals surface area contributed by atoms with Gasteiger partial charge in [-0.05, 0) is 35.4 Å². The number of ether oxygens (including phenoxy) is 1. The van der Waals surface area contributed by atoms with Crippen molar-refractivity contribution in [2.75, 3.05) is 14.1 Å². The molecule has 3 nitrogen and oxygen atoms in total. The highest BCUT2D eigenvalue weighted by Gasteiger charge is 1.98. The number of rotatable bonds is 5. The smallest absolute Gasteiger partial charge is 0.123 e. The lowest BCUT2D eigenvalue weighted by atomic mass is 10.2. The molecule has 0 saturated carbocycles. The first-order valence-corrected chi connectivity index (χ1v) is 6.32. The lowest BCUT2D eigenvalue weighted by Gasteiger charge is -2.07. The minimum absolute atomic E-state index is 0.240. The first-order chi connectivity index (χ1) is 9.63.